The molecule has 0 fully saturated rings. The maximum absolute atomic E-state index is 6.73. The lowest BCUT2D eigenvalue weighted by atomic mass is 10.00. The van der Waals surface area contributed by atoms with Crippen LogP contribution >= 0.6 is 11.3 Å². The van der Waals surface area contributed by atoms with Crippen molar-refractivity contribution in [2.24, 2.45) is 0 Å². The van der Waals surface area contributed by atoms with Crippen LogP contribution in [0.15, 0.2) is 344 Å². The van der Waals surface area contributed by atoms with E-state index in [2.05, 4.69) is 352 Å². The molecule has 0 atom stereocenters. The van der Waals surface area contributed by atoms with Crippen LogP contribution in [0.2, 0.25) is 0 Å². The zero-order chi connectivity index (χ0) is 63.0. The van der Waals surface area contributed by atoms with E-state index in [1.165, 1.54) is 124 Å². The third-order valence-electron chi connectivity index (χ3n) is 19.9. The predicted molar refractivity (Wildman–Crippen MR) is 407 cm³/mol. The molecule has 0 aliphatic heterocycles. The average molecular weight is 1240 g/mol. The average Bonchev–Trinajstić information content (AvgIpc) is 1.59. The third kappa shape index (κ3) is 8.35. The Kier molecular flexibility index (Phi) is 12.1. The van der Waals surface area contributed by atoms with Gasteiger partial charge in [0, 0.05) is 108 Å². The Bertz CT molecular complexity index is 6580. The molecule has 0 radical (unpaired) electrons. The molecule has 0 saturated heterocycles. The number of benzene rings is 15. The minimum Gasteiger partial charge on any atom is -0.455 e. The van der Waals surface area contributed by atoms with Crippen molar-refractivity contribution < 1.29 is 4.42 Å². The molecule has 6 heteroatoms. The van der Waals surface area contributed by atoms with Crippen molar-refractivity contribution in [2.45, 2.75) is 0 Å². The smallest absolute Gasteiger partial charge is 0.143 e. The number of hydrogen-bond donors (Lipinski definition) is 0. The van der Waals surface area contributed by atoms with Gasteiger partial charge in [-0.1, -0.05) is 224 Å². The number of furan rings is 1. The van der Waals surface area contributed by atoms with Crippen LogP contribution in [0.4, 0.5) is 0 Å². The molecular formula is C90H56N4OS. The standard InChI is InChI=1S/C48H30N2O.C42H26N2S/c1-2-12-31(13-3-1)35-17-10-19-40-41-20-11-18-36(48(41)51-47(35)40)32-24-26-33(27-25-32)49-45-23-9-6-16-39(45)42-30-34(28-29-46(42)49)50-43-21-7-4-14-37(43)38-15-5-8-22-44(38)50;1-5-13-37-31(9-1)32-10-2-6-14-38(32)44(37)30-22-23-40-35(26-30)33-11-3-7-15-39(33)43(40)29-20-17-27(18-21-29)28-19-24-42-36(25-28)34-12-4-8-16-41(34)45-42/h1-30H;1-26H. The topological polar surface area (TPSA) is 32.9 Å². The van der Waals surface area contributed by atoms with Gasteiger partial charge in [-0.15, -0.1) is 11.3 Å². The molecular weight excluding hydrogens is 1190 g/mol. The molecule has 0 N–H and O–H groups in total. The van der Waals surface area contributed by atoms with Gasteiger partial charge in [0.15, 0.2) is 0 Å². The van der Waals surface area contributed by atoms with Gasteiger partial charge in [0.2, 0.25) is 0 Å². The van der Waals surface area contributed by atoms with Crippen LogP contribution in [0.3, 0.4) is 0 Å². The van der Waals surface area contributed by atoms with E-state index in [0.717, 1.165) is 61.3 Å². The van der Waals surface area contributed by atoms with Crippen molar-refractivity contribution in [2.75, 3.05) is 0 Å². The number of nitrogens with zero attached hydrogens (tertiary/aromatic N) is 4. The third-order valence-corrected chi connectivity index (χ3v) is 21.0. The van der Waals surface area contributed by atoms with E-state index >= 15 is 0 Å². The Morgan fingerprint density at radius 3 is 0.969 bits per heavy atom. The summed E-state index contributed by atoms with van der Waals surface area (Å²) >= 11 is 1.86. The number of rotatable bonds is 7. The van der Waals surface area contributed by atoms with Gasteiger partial charge in [0.05, 0.1) is 44.1 Å². The summed E-state index contributed by atoms with van der Waals surface area (Å²) in [6, 6.07) is 123. The zero-order valence-corrected chi connectivity index (χ0v) is 52.8. The normalized spacial score (nSPS) is 12.0. The largest absolute Gasteiger partial charge is 0.455 e. The molecule has 0 amide bonds. The highest BCUT2D eigenvalue weighted by molar-refractivity contribution is 7.25. The number of hydrogen-bond acceptors (Lipinski definition) is 2. The van der Waals surface area contributed by atoms with Crippen LogP contribution in [-0.4, -0.2) is 18.3 Å². The summed E-state index contributed by atoms with van der Waals surface area (Å²) < 4.78 is 19.0. The van der Waals surface area contributed by atoms with Gasteiger partial charge in [0.1, 0.15) is 11.2 Å². The highest BCUT2D eigenvalue weighted by Crippen LogP contribution is 2.44. The van der Waals surface area contributed by atoms with Crippen LogP contribution < -0.4 is 0 Å². The first-order chi connectivity index (χ1) is 47.6. The summed E-state index contributed by atoms with van der Waals surface area (Å²) in [7, 11) is 0. The second kappa shape index (κ2) is 21.6. The molecule has 448 valence electrons. The van der Waals surface area contributed by atoms with Crippen molar-refractivity contribution in [1.29, 1.82) is 0 Å². The van der Waals surface area contributed by atoms with Crippen LogP contribution in [0.1, 0.15) is 0 Å². The summed E-state index contributed by atoms with van der Waals surface area (Å²) in [5, 5.41) is 15.0. The molecule has 96 heavy (non-hydrogen) atoms. The van der Waals surface area contributed by atoms with Gasteiger partial charge in [-0.3, -0.25) is 0 Å². The van der Waals surface area contributed by atoms with E-state index in [1.54, 1.807) is 0 Å². The van der Waals surface area contributed by atoms with Crippen LogP contribution in [0, 0.1) is 0 Å². The maximum Gasteiger partial charge on any atom is 0.143 e. The van der Waals surface area contributed by atoms with Crippen molar-refractivity contribution in [1.82, 2.24) is 18.3 Å². The first-order valence-corrected chi connectivity index (χ1v) is 33.6. The summed E-state index contributed by atoms with van der Waals surface area (Å²) in [6.07, 6.45) is 0. The van der Waals surface area contributed by atoms with Crippen molar-refractivity contribution in [3.8, 4) is 56.1 Å². The van der Waals surface area contributed by atoms with E-state index in [4.69, 9.17) is 4.42 Å². The van der Waals surface area contributed by atoms with Crippen LogP contribution in [-0.2, 0) is 0 Å². The van der Waals surface area contributed by atoms with Crippen LogP contribution in [0.25, 0.3) is 185 Å². The van der Waals surface area contributed by atoms with Crippen molar-refractivity contribution >= 4 is 141 Å². The Morgan fingerprint density at radius 2 is 0.510 bits per heavy atom. The number of aromatic nitrogens is 4. The predicted octanol–water partition coefficient (Wildman–Crippen LogP) is 25.0. The van der Waals surface area contributed by atoms with Crippen molar-refractivity contribution in [3.05, 3.63) is 340 Å². The van der Waals surface area contributed by atoms with E-state index in [0.29, 0.717) is 0 Å². The quantitative estimate of drug-likeness (QED) is 0.157. The second-order valence-corrected chi connectivity index (χ2v) is 26.2. The molecule has 21 rings (SSSR count). The fourth-order valence-electron chi connectivity index (χ4n) is 15.5. The lowest BCUT2D eigenvalue weighted by Crippen LogP contribution is -1.96. The molecule has 0 unspecified atom stereocenters. The van der Waals surface area contributed by atoms with Gasteiger partial charge >= 0.3 is 0 Å². The SMILES string of the molecule is c1ccc(-c2cccc3c2oc2c(-c4ccc(-n5c6ccccc6c6cc(-n7c8ccccc8c8ccccc87)ccc65)cc4)cccc23)cc1.c1ccc2c(c1)sc1ccc(-c3ccc(-n4c5ccccc5c5cc(-n6c7ccccc7c7ccccc76)ccc54)cc3)cc12. The summed E-state index contributed by atoms with van der Waals surface area (Å²) in [5.41, 5.74) is 23.1. The minimum atomic E-state index is 0.915. The maximum atomic E-state index is 6.73. The van der Waals surface area contributed by atoms with Gasteiger partial charge < -0.3 is 22.7 Å². The molecule has 0 aliphatic rings. The molecule has 0 aliphatic carbocycles. The molecule has 5 nitrogen and oxygen atoms in total. The molecule has 6 aromatic heterocycles. The molecule has 15 aromatic carbocycles. The van der Waals surface area contributed by atoms with E-state index in [-0.39, 0.29) is 0 Å². The Hall–Kier alpha value is -12.5. The molecule has 0 bridgehead atoms. The highest BCUT2D eigenvalue weighted by Gasteiger charge is 2.21. The van der Waals surface area contributed by atoms with Gasteiger partial charge in [-0.2, -0.15) is 0 Å². The number of para-hydroxylation sites is 8. The van der Waals surface area contributed by atoms with Crippen LogP contribution in [0.5, 0.6) is 0 Å². The zero-order valence-electron chi connectivity index (χ0n) is 51.9. The van der Waals surface area contributed by atoms with Crippen molar-refractivity contribution in [3.63, 3.8) is 0 Å². The van der Waals surface area contributed by atoms with Gasteiger partial charge in [-0.25, -0.2) is 0 Å². The first-order valence-electron chi connectivity index (χ1n) is 32.8. The molecule has 0 spiro atoms. The van der Waals surface area contributed by atoms with Gasteiger partial charge in [0.25, 0.3) is 0 Å². The lowest BCUT2D eigenvalue weighted by molar-refractivity contribution is 0.671. The molecule has 0 saturated carbocycles. The Morgan fingerprint density at radius 1 is 0.188 bits per heavy atom. The number of fused-ring (bicyclic) bond motifs is 18. The van der Waals surface area contributed by atoms with Gasteiger partial charge in [-0.05, 0) is 138 Å². The van der Waals surface area contributed by atoms with E-state index in [1.807, 2.05) is 17.4 Å². The summed E-state index contributed by atoms with van der Waals surface area (Å²) in [4.78, 5) is 0. The summed E-state index contributed by atoms with van der Waals surface area (Å²) in [6.45, 7) is 0. The number of thiophene rings is 1. The van der Waals surface area contributed by atoms with E-state index in [9.17, 15) is 0 Å². The summed E-state index contributed by atoms with van der Waals surface area (Å²) in [5.74, 6) is 0. The second-order valence-electron chi connectivity index (χ2n) is 25.1. The Balaban J connectivity index is 0.000000132. The monoisotopic (exact) mass is 1240 g/mol. The molecule has 6 heterocycles. The Labute approximate surface area is 555 Å². The minimum absolute atomic E-state index is 0.915. The first kappa shape index (κ1) is 54.1. The van der Waals surface area contributed by atoms with E-state index < -0.39 is 0 Å². The lowest BCUT2D eigenvalue weighted by Gasteiger charge is -2.11. The highest BCUT2D eigenvalue weighted by atomic mass is 32.1. The fraction of sp³-hybridized carbons (Fsp3) is 0. The fourth-order valence-corrected chi connectivity index (χ4v) is 16.6. The molecule has 21 aromatic rings.